The van der Waals surface area contributed by atoms with Crippen molar-refractivity contribution in [2.45, 2.75) is 32.7 Å². The number of carbonyl (C=O) groups is 1. The second-order valence-electron chi connectivity index (χ2n) is 4.99. The van der Waals surface area contributed by atoms with E-state index < -0.39 is 5.97 Å². The molecule has 0 N–H and O–H groups in total. The number of rotatable bonds is 8. The number of carbonyl (C=O) groups excluding carboxylic acids is 1. The molecule has 0 atom stereocenters. The van der Waals surface area contributed by atoms with Crippen LogP contribution in [0.2, 0.25) is 0 Å². The third kappa shape index (κ3) is 4.92. The van der Waals surface area contributed by atoms with Gasteiger partial charge in [0.25, 0.3) is 0 Å². The minimum Gasteiger partial charge on any atom is -0.490 e. The Morgan fingerprint density at radius 3 is 2.96 bits per heavy atom. The molecule has 0 bridgehead atoms. The first-order valence-corrected chi connectivity index (χ1v) is 8.60. The molecule has 23 heavy (non-hydrogen) atoms. The topological polar surface area (TPSA) is 66.2 Å². The molecule has 2 rings (SSSR count). The molecule has 0 amide bonds. The molecule has 2 aromatic rings. The Morgan fingerprint density at radius 2 is 2.22 bits per heavy atom. The largest absolute Gasteiger partial charge is 0.490 e. The molecule has 7 heteroatoms. The number of aryl methyl sites for hydroxylation is 1. The van der Waals surface area contributed by atoms with Gasteiger partial charge >= 0.3 is 5.97 Å². The second-order valence-corrected chi connectivity index (χ2v) is 6.02. The summed E-state index contributed by atoms with van der Waals surface area (Å²) in [5, 5.41) is 0. The number of methoxy groups -OCH3 is 1. The van der Waals surface area contributed by atoms with E-state index in [4.69, 9.17) is 9.47 Å². The van der Waals surface area contributed by atoms with Gasteiger partial charge in [-0.2, -0.15) is 0 Å². The van der Waals surface area contributed by atoms with E-state index in [1.807, 2.05) is 12.4 Å². The molecule has 2 heterocycles. The summed E-state index contributed by atoms with van der Waals surface area (Å²) in [5.41, 5.74) is 0.382. The van der Waals surface area contributed by atoms with Crippen LogP contribution in [0.1, 0.15) is 35.9 Å². The Kier molecular flexibility index (Phi) is 6.82. The zero-order valence-corrected chi connectivity index (χ0v) is 15.4. The zero-order chi connectivity index (χ0) is 16.7. The van der Waals surface area contributed by atoms with Crippen molar-refractivity contribution in [3.8, 4) is 5.75 Å². The lowest BCUT2D eigenvalue weighted by atomic mass is 10.3. The van der Waals surface area contributed by atoms with Crippen LogP contribution in [-0.2, 0) is 17.7 Å². The van der Waals surface area contributed by atoms with Gasteiger partial charge in [0.2, 0.25) is 0 Å². The van der Waals surface area contributed by atoms with E-state index in [1.54, 1.807) is 6.07 Å². The first-order chi connectivity index (χ1) is 11.2. The van der Waals surface area contributed by atoms with Crippen molar-refractivity contribution < 1.29 is 14.3 Å². The van der Waals surface area contributed by atoms with Gasteiger partial charge in [-0.3, -0.25) is 0 Å². The Labute approximate surface area is 149 Å². The van der Waals surface area contributed by atoms with Crippen molar-refractivity contribution in [2.24, 2.45) is 0 Å². The van der Waals surface area contributed by atoms with Gasteiger partial charge in [-0.25, -0.2) is 14.8 Å². The van der Waals surface area contributed by atoms with Crippen LogP contribution in [0.4, 0.5) is 0 Å². The number of hydrogen-bond donors (Lipinski definition) is 0. The van der Waals surface area contributed by atoms with Crippen LogP contribution in [0.15, 0.2) is 24.7 Å². The van der Waals surface area contributed by atoms with Crippen LogP contribution < -0.4 is 4.74 Å². The van der Waals surface area contributed by atoms with Crippen LogP contribution in [0.25, 0.3) is 0 Å². The van der Waals surface area contributed by atoms with Gasteiger partial charge in [0.05, 0.1) is 19.3 Å². The summed E-state index contributed by atoms with van der Waals surface area (Å²) >= 11 is 2.08. The quantitative estimate of drug-likeness (QED) is 0.367. The number of ether oxygens (including phenoxy) is 2. The SMILES string of the molecule is CCCCn1ccnc1CCOc1cc(C(=O)OC)cnc1I. The van der Waals surface area contributed by atoms with E-state index in [9.17, 15) is 4.79 Å². The lowest BCUT2D eigenvalue weighted by Crippen LogP contribution is -2.10. The van der Waals surface area contributed by atoms with E-state index in [-0.39, 0.29) is 0 Å². The molecule has 0 fully saturated rings. The van der Waals surface area contributed by atoms with Crippen LogP contribution >= 0.6 is 22.6 Å². The first kappa shape index (κ1) is 17.7. The number of halogens is 1. The highest BCUT2D eigenvalue weighted by Gasteiger charge is 2.11. The molecular formula is C16H20IN3O3. The molecule has 2 aromatic heterocycles. The van der Waals surface area contributed by atoms with Crippen molar-refractivity contribution in [3.63, 3.8) is 0 Å². The Bertz CT molecular complexity index is 658. The smallest absolute Gasteiger partial charge is 0.339 e. The number of unbranched alkanes of at least 4 members (excludes halogenated alkanes) is 1. The summed E-state index contributed by atoms with van der Waals surface area (Å²) in [4.78, 5) is 20.1. The van der Waals surface area contributed by atoms with Crippen LogP contribution in [-0.4, -0.2) is 34.2 Å². The van der Waals surface area contributed by atoms with Gasteiger partial charge in [0, 0.05) is 31.6 Å². The molecule has 0 aliphatic heterocycles. The summed E-state index contributed by atoms with van der Waals surface area (Å²) in [6.45, 7) is 3.62. The highest BCUT2D eigenvalue weighted by molar-refractivity contribution is 14.1. The molecule has 0 spiro atoms. The number of esters is 1. The van der Waals surface area contributed by atoms with Crippen LogP contribution in [0.5, 0.6) is 5.75 Å². The monoisotopic (exact) mass is 429 g/mol. The van der Waals surface area contributed by atoms with E-state index in [2.05, 4.69) is 44.0 Å². The average Bonchev–Trinajstić information content (AvgIpc) is 3.01. The fraction of sp³-hybridized carbons (Fsp3) is 0.438. The van der Waals surface area contributed by atoms with E-state index in [0.29, 0.717) is 28.0 Å². The van der Waals surface area contributed by atoms with Gasteiger partial charge in [-0.05, 0) is 35.1 Å². The van der Waals surface area contributed by atoms with Crippen molar-refractivity contribution in [1.29, 1.82) is 0 Å². The minimum absolute atomic E-state index is 0.382. The molecule has 0 radical (unpaired) electrons. The Balaban J connectivity index is 1.96. The third-order valence-electron chi connectivity index (χ3n) is 3.37. The molecule has 0 aliphatic rings. The molecule has 6 nitrogen and oxygen atoms in total. The van der Waals surface area contributed by atoms with Gasteiger partial charge in [-0.1, -0.05) is 13.3 Å². The van der Waals surface area contributed by atoms with Gasteiger partial charge in [0.15, 0.2) is 5.75 Å². The fourth-order valence-electron chi connectivity index (χ4n) is 2.11. The standard InChI is InChI=1S/C16H20IN3O3/c1-3-4-7-20-8-6-18-14(20)5-9-23-13-10-12(16(21)22-2)11-19-15(13)17/h6,8,10-11H,3-5,7,9H2,1-2H3. The molecule has 0 saturated carbocycles. The second kappa shape index (κ2) is 8.85. The molecule has 0 aliphatic carbocycles. The number of pyridine rings is 1. The predicted molar refractivity (Wildman–Crippen MR) is 94.6 cm³/mol. The molecule has 0 saturated heterocycles. The summed E-state index contributed by atoms with van der Waals surface area (Å²) in [6.07, 6.45) is 8.28. The molecule has 0 unspecified atom stereocenters. The maximum atomic E-state index is 11.5. The maximum Gasteiger partial charge on any atom is 0.339 e. The van der Waals surface area contributed by atoms with Crippen LogP contribution in [0.3, 0.4) is 0 Å². The van der Waals surface area contributed by atoms with Crippen molar-refractivity contribution in [2.75, 3.05) is 13.7 Å². The predicted octanol–water partition coefficient (Wildman–Crippen LogP) is 3.09. The Morgan fingerprint density at radius 1 is 1.39 bits per heavy atom. The summed E-state index contributed by atoms with van der Waals surface area (Å²) in [7, 11) is 1.34. The van der Waals surface area contributed by atoms with Gasteiger partial charge in [-0.15, -0.1) is 0 Å². The number of nitrogens with zero attached hydrogens (tertiary/aromatic N) is 3. The van der Waals surface area contributed by atoms with E-state index in [0.717, 1.165) is 25.2 Å². The van der Waals surface area contributed by atoms with Gasteiger partial charge in [0.1, 0.15) is 9.53 Å². The maximum absolute atomic E-state index is 11.5. The third-order valence-corrected chi connectivity index (χ3v) is 4.18. The van der Waals surface area contributed by atoms with Crippen LogP contribution in [0, 0.1) is 3.70 Å². The number of hydrogen-bond acceptors (Lipinski definition) is 5. The van der Waals surface area contributed by atoms with Crippen molar-refractivity contribution in [3.05, 3.63) is 39.7 Å². The number of imidazole rings is 1. The zero-order valence-electron chi connectivity index (χ0n) is 13.3. The lowest BCUT2D eigenvalue weighted by Gasteiger charge is -2.10. The molecule has 0 aromatic carbocycles. The lowest BCUT2D eigenvalue weighted by molar-refractivity contribution is 0.0599. The van der Waals surface area contributed by atoms with Crippen molar-refractivity contribution in [1.82, 2.24) is 14.5 Å². The van der Waals surface area contributed by atoms with Gasteiger partial charge < -0.3 is 14.0 Å². The Hall–Kier alpha value is -1.64. The summed E-state index contributed by atoms with van der Waals surface area (Å²) < 4.78 is 13.3. The minimum atomic E-state index is -0.422. The normalized spacial score (nSPS) is 10.6. The summed E-state index contributed by atoms with van der Waals surface area (Å²) in [5.74, 6) is 1.17. The summed E-state index contributed by atoms with van der Waals surface area (Å²) in [6, 6.07) is 1.66. The highest BCUT2D eigenvalue weighted by atomic mass is 127. The fourth-order valence-corrected chi connectivity index (χ4v) is 2.56. The number of aromatic nitrogens is 3. The van der Waals surface area contributed by atoms with Crippen molar-refractivity contribution >= 4 is 28.6 Å². The molecule has 124 valence electrons. The molecular weight excluding hydrogens is 409 g/mol. The average molecular weight is 429 g/mol. The van der Waals surface area contributed by atoms with E-state index in [1.165, 1.54) is 13.3 Å². The highest BCUT2D eigenvalue weighted by Crippen LogP contribution is 2.20. The van der Waals surface area contributed by atoms with E-state index >= 15 is 0 Å². The first-order valence-electron chi connectivity index (χ1n) is 7.52.